The molecule has 0 saturated heterocycles. The third-order valence-corrected chi connectivity index (χ3v) is 6.65. The predicted molar refractivity (Wildman–Crippen MR) is 120 cm³/mol. The second kappa shape index (κ2) is 9.68. The lowest BCUT2D eigenvalue weighted by molar-refractivity contribution is 0.439. The quantitative estimate of drug-likeness (QED) is 0.508. The molecule has 3 rings (SSSR count). The van der Waals surface area contributed by atoms with Crippen molar-refractivity contribution < 1.29 is 8.42 Å². The first-order valence-electron chi connectivity index (χ1n) is 9.78. The smallest absolute Gasteiger partial charge is 0.207 e. The Labute approximate surface area is 174 Å². The summed E-state index contributed by atoms with van der Waals surface area (Å²) in [5, 5.41) is 0. The molecule has 0 aliphatic rings. The van der Waals surface area contributed by atoms with Gasteiger partial charge in [0.05, 0.1) is 4.90 Å². The first kappa shape index (κ1) is 21.0. The summed E-state index contributed by atoms with van der Waals surface area (Å²) in [6.45, 7) is 4.72. The van der Waals surface area contributed by atoms with E-state index < -0.39 is 10.0 Å². The van der Waals surface area contributed by atoms with Crippen molar-refractivity contribution in [3.05, 3.63) is 107 Å². The van der Waals surface area contributed by atoms with Crippen LogP contribution in [0.5, 0.6) is 0 Å². The first-order valence-corrected chi connectivity index (χ1v) is 11.2. The van der Waals surface area contributed by atoms with Gasteiger partial charge in [0.1, 0.15) is 0 Å². The largest absolute Gasteiger partial charge is 0.243 e. The van der Waals surface area contributed by atoms with E-state index in [-0.39, 0.29) is 0 Å². The maximum absolute atomic E-state index is 13.4. The van der Waals surface area contributed by atoms with Crippen molar-refractivity contribution in [3.63, 3.8) is 0 Å². The minimum absolute atomic E-state index is 0.337. The van der Waals surface area contributed by atoms with Crippen LogP contribution in [0.2, 0.25) is 0 Å². The van der Waals surface area contributed by atoms with E-state index in [9.17, 15) is 8.42 Å². The zero-order valence-corrected chi connectivity index (χ0v) is 17.8. The molecule has 0 aliphatic carbocycles. The topological polar surface area (TPSA) is 37.4 Å². The van der Waals surface area contributed by atoms with E-state index >= 15 is 0 Å². The highest BCUT2D eigenvalue weighted by Gasteiger charge is 2.24. The fourth-order valence-corrected chi connectivity index (χ4v) is 4.68. The van der Waals surface area contributed by atoms with Crippen molar-refractivity contribution in [2.24, 2.45) is 0 Å². The van der Waals surface area contributed by atoms with Gasteiger partial charge in [0.25, 0.3) is 0 Å². The minimum atomic E-state index is -3.58. The van der Waals surface area contributed by atoms with Crippen LogP contribution in [0.3, 0.4) is 0 Å². The molecule has 4 heteroatoms. The van der Waals surface area contributed by atoms with Gasteiger partial charge in [0, 0.05) is 13.1 Å². The highest BCUT2D eigenvalue weighted by Crippen LogP contribution is 2.19. The summed E-state index contributed by atoms with van der Waals surface area (Å²) >= 11 is 0. The van der Waals surface area contributed by atoms with Crippen LogP contribution in [0.4, 0.5) is 0 Å². The van der Waals surface area contributed by atoms with E-state index in [1.165, 1.54) is 0 Å². The molecule has 3 aromatic carbocycles. The van der Waals surface area contributed by atoms with E-state index in [4.69, 9.17) is 0 Å². The molecule has 0 saturated carbocycles. The molecule has 0 heterocycles. The minimum Gasteiger partial charge on any atom is -0.207 e. The maximum atomic E-state index is 13.4. The van der Waals surface area contributed by atoms with E-state index in [0.717, 1.165) is 22.3 Å². The van der Waals surface area contributed by atoms with Crippen molar-refractivity contribution in [2.45, 2.75) is 25.2 Å². The molecule has 150 valence electrons. The first-order chi connectivity index (χ1) is 13.9. The van der Waals surface area contributed by atoms with E-state index in [0.29, 0.717) is 24.4 Å². The second-order valence-corrected chi connectivity index (χ2v) is 9.23. The Morgan fingerprint density at radius 1 is 0.862 bits per heavy atom. The summed E-state index contributed by atoms with van der Waals surface area (Å²) in [5.74, 6) is 0. The Morgan fingerprint density at radius 2 is 1.45 bits per heavy atom. The van der Waals surface area contributed by atoms with Gasteiger partial charge in [-0.05, 0) is 43.5 Å². The number of sulfonamides is 1. The van der Waals surface area contributed by atoms with E-state index in [2.05, 4.69) is 0 Å². The standard InChI is InChI=1S/C25H27NO2S/c1-21-13-15-25(16-14-21)29(27,28)26(18-17-23-9-5-3-6-10-23)20-22(2)19-24-11-7-4-8-12-24/h3-16,19H,17-18,20H2,1-2H3. The molecule has 3 nitrogen and oxygen atoms in total. The van der Waals surface area contributed by atoms with Crippen LogP contribution in [0.25, 0.3) is 6.08 Å². The molecule has 29 heavy (non-hydrogen) atoms. The monoisotopic (exact) mass is 405 g/mol. The summed E-state index contributed by atoms with van der Waals surface area (Å²) in [4.78, 5) is 0.337. The van der Waals surface area contributed by atoms with Gasteiger partial charge in [-0.2, -0.15) is 4.31 Å². The van der Waals surface area contributed by atoms with Gasteiger partial charge < -0.3 is 0 Å². The van der Waals surface area contributed by atoms with E-state index in [1.807, 2.05) is 92.7 Å². The summed E-state index contributed by atoms with van der Waals surface area (Å²) in [6, 6.07) is 27.0. The Kier molecular flexibility index (Phi) is 7.02. The van der Waals surface area contributed by atoms with Crippen LogP contribution in [-0.4, -0.2) is 25.8 Å². The van der Waals surface area contributed by atoms with Crippen molar-refractivity contribution >= 4 is 16.1 Å². The van der Waals surface area contributed by atoms with Crippen LogP contribution in [-0.2, 0) is 16.4 Å². The van der Waals surface area contributed by atoms with Crippen LogP contribution < -0.4 is 0 Å². The van der Waals surface area contributed by atoms with Gasteiger partial charge in [0.2, 0.25) is 10.0 Å². The SMILES string of the molecule is CC(=Cc1ccccc1)CN(CCc1ccccc1)S(=O)(=O)c1ccc(C)cc1. The lowest BCUT2D eigenvalue weighted by atomic mass is 10.1. The summed E-state index contributed by atoms with van der Waals surface area (Å²) in [6.07, 6.45) is 2.71. The molecule has 0 fully saturated rings. The molecule has 3 aromatic rings. The third-order valence-electron chi connectivity index (χ3n) is 4.79. The van der Waals surface area contributed by atoms with Crippen LogP contribution >= 0.6 is 0 Å². The molecule has 0 atom stereocenters. The van der Waals surface area contributed by atoms with Crippen LogP contribution in [0.15, 0.2) is 95.4 Å². The molecular weight excluding hydrogens is 378 g/mol. The lowest BCUT2D eigenvalue weighted by Gasteiger charge is -2.23. The van der Waals surface area contributed by atoms with Crippen LogP contribution in [0, 0.1) is 6.92 Å². The highest BCUT2D eigenvalue weighted by molar-refractivity contribution is 7.89. The molecular formula is C25H27NO2S. The molecule has 0 aliphatic heterocycles. The lowest BCUT2D eigenvalue weighted by Crippen LogP contribution is -2.34. The fourth-order valence-electron chi connectivity index (χ4n) is 3.20. The predicted octanol–water partition coefficient (Wildman–Crippen LogP) is 5.33. The average Bonchev–Trinajstić information content (AvgIpc) is 2.73. The zero-order chi connectivity index (χ0) is 20.7. The third kappa shape index (κ3) is 5.89. The molecule has 0 spiro atoms. The number of aryl methyl sites for hydroxylation is 1. The molecule has 0 bridgehead atoms. The summed E-state index contributed by atoms with van der Waals surface area (Å²) in [5.41, 5.74) is 4.24. The molecule has 0 amide bonds. The highest BCUT2D eigenvalue weighted by atomic mass is 32.2. The number of hydrogen-bond donors (Lipinski definition) is 0. The second-order valence-electron chi connectivity index (χ2n) is 7.29. The van der Waals surface area contributed by atoms with E-state index in [1.54, 1.807) is 16.4 Å². The van der Waals surface area contributed by atoms with Crippen molar-refractivity contribution in [1.29, 1.82) is 0 Å². The van der Waals surface area contributed by atoms with Crippen molar-refractivity contribution in [2.75, 3.05) is 13.1 Å². The molecule has 0 radical (unpaired) electrons. The average molecular weight is 406 g/mol. The normalized spacial score (nSPS) is 12.3. The number of hydrogen-bond acceptors (Lipinski definition) is 2. The van der Waals surface area contributed by atoms with Crippen molar-refractivity contribution in [3.8, 4) is 0 Å². The summed E-state index contributed by atoms with van der Waals surface area (Å²) in [7, 11) is -3.58. The molecule has 0 unspecified atom stereocenters. The van der Waals surface area contributed by atoms with Gasteiger partial charge in [-0.3, -0.25) is 0 Å². The Morgan fingerprint density at radius 3 is 2.07 bits per heavy atom. The summed E-state index contributed by atoms with van der Waals surface area (Å²) < 4.78 is 28.3. The van der Waals surface area contributed by atoms with Gasteiger partial charge >= 0.3 is 0 Å². The van der Waals surface area contributed by atoms with Gasteiger partial charge in [-0.25, -0.2) is 8.42 Å². The molecule has 0 aromatic heterocycles. The van der Waals surface area contributed by atoms with Crippen LogP contribution in [0.1, 0.15) is 23.6 Å². The van der Waals surface area contributed by atoms with Gasteiger partial charge in [0.15, 0.2) is 0 Å². The Bertz CT molecular complexity index is 1040. The molecule has 0 N–H and O–H groups in total. The Balaban J connectivity index is 1.86. The fraction of sp³-hybridized carbons (Fsp3) is 0.200. The number of rotatable bonds is 8. The Hall–Kier alpha value is -2.69. The number of nitrogens with zero attached hydrogens (tertiary/aromatic N) is 1. The zero-order valence-electron chi connectivity index (χ0n) is 17.0. The number of benzene rings is 3. The van der Waals surface area contributed by atoms with Crippen molar-refractivity contribution in [1.82, 2.24) is 4.31 Å². The maximum Gasteiger partial charge on any atom is 0.243 e. The van der Waals surface area contributed by atoms with Gasteiger partial charge in [-0.15, -0.1) is 0 Å². The van der Waals surface area contributed by atoms with Gasteiger partial charge in [-0.1, -0.05) is 90.0 Å².